The molecule has 3 N–H and O–H groups in total. The monoisotopic (exact) mass is 275 g/mol. The van der Waals surface area contributed by atoms with Crippen LogP contribution < -0.4 is 11.1 Å². The molecule has 0 spiro atoms. The Balaban J connectivity index is 2.00. The van der Waals surface area contributed by atoms with Gasteiger partial charge in [-0.1, -0.05) is 12.1 Å². The summed E-state index contributed by atoms with van der Waals surface area (Å²) in [5.74, 6) is -0.509. The molecule has 5 nitrogen and oxygen atoms in total. The zero-order valence-corrected chi connectivity index (χ0v) is 11.8. The van der Waals surface area contributed by atoms with E-state index in [1.807, 2.05) is 31.2 Å². The predicted molar refractivity (Wildman–Crippen MR) is 78.2 cm³/mol. The second-order valence-corrected chi connectivity index (χ2v) is 5.26. The zero-order valence-electron chi connectivity index (χ0n) is 11.8. The number of nitrogens with one attached hydrogen (secondary N) is 1. The van der Waals surface area contributed by atoms with E-state index in [9.17, 15) is 9.59 Å². The largest absolute Gasteiger partial charge is 0.373 e. The lowest BCUT2D eigenvalue weighted by molar-refractivity contribution is -0.132. The van der Waals surface area contributed by atoms with Gasteiger partial charge in [-0.3, -0.25) is 9.59 Å². The van der Waals surface area contributed by atoms with E-state index in [0.29, 0.717) is 0 Å². The summed E-state index contributed by atoms with van der Waals surface area (Å²) in [6.07, 6.45) is 2.19. The Hall–Kier alpha value is -2.04. The standard InChI is InChI=1S/C15H21N3O2/c1-11-5-4-6-12(9-11)17-13(15(16)20)10-14(19)18-7-2-3-8-18/h4-6,9,13,17H,2-3,7-8,10H2,1H3,(H2,16,20). The molecule has 2 amide bonds. The summed E-state index contributed by atoms with van der Waals surface area (Å²) in [5, 5.41) is 3.05. The molecule has 1 fully saturated rings. The van der Waals surface area contributed by atoms with E-state index in [4.69, 9.17) is 5.73 Å². The Labute approximate surface area is 119 Å². The van der Waals surface area contributed by atoms with Gasteiger partial charge in [0.15, 0.2) is 0 Å². The Kier molecular flexibility index (Phi) is 4.61. The van der Waals surface area contributed by atoms with Crippen molar-refractivity contribution in [3.63, 3.8) is 0 Å². The van der Waals surface area contributed by atoms with E-state index in [1.165, 1.54) is 0 Å². The van der Waals surface area contributed by atoms with Crippen LogP contribution >= 0.6 is 0 Å². The smallest absolute Gasteiger partial charge is 0.240 e. The van der Waals surface area contributed by atoms with Gasteiger partial charge in [-0.2, -0.15) is 0 Å². The van der Waals surface area contributed by atoms with Gasteiger partial charge in [0.25, 0.3) is 0 Å². The fourth-order valence-electron chi connectivity index (χ4n) is 2.43. The highest BCUT2D eigenvalue weighted by Gasteiger charge is 2.24. The lowest BCUT2D eigenvalue weighted by Gasteiger charge is -2.20. The van der Waals surface area contributed by atoms with Crippen molar-refractivity contribution in [2.75, 3.05) is 18.4 Å². The van der Waals surface area contributed by atoms with Crippen LogP contribution in [0.4, 0.5) is 5.69 Å². The number of nitrogens with zero attached hydrogens (tertiary/aromatic N) is 1. The molecular weight excluding hydrogens is 254 g/mol. The molecule has 1 saturated heterocycles. The maximum Gasteiger partial charge on any atom is 0.240 e. The molecule has 2 rings (SSSR count). The van der Waals surface area contributed by atoms with E-state index in [2.05, 4.69) is 5.32 Å². The van der Waals surface area contributed by atoms with Crippen molar-refractivity contribution in [1.82, 2.24) is 4.90 Å². The molecular formula is C15H21N3O2. The second kappa shape index (κ2) is 6.41. The fraction of sp³-hybridized carbons (Fsp3) is 0.467. The average Bonchev–Trinajstić information content (AvgIpc) is 2.91. The third-order valence-electron chi connectivity index (χ3n) is 3.54. The van der Waals surface area contributed by atoms with Crippen LogP contribution in [0.2, 0.25) is 0 Å². The van der Waals surface area contributed by atoms with Gasteiger partial charge in [0.2, 0.25) is 11.8 Å². The number of carbonyl (C=O) groups is 2. The minimum Gasteiger partial charge on any atom is -0.373 e. The topological polar surface area (TPSA) is 75.4 Å². The Morgan fingerprint density at radius 1 is 1.35 bits per heavy atom. The summed E-state index contributed by atoms with van der Waals surface area (Å²) in [5.41, 5.74) is 7.29. The number of hydrogen-bond acceptors (Lipinski definition) is 3. The fourth-order valence-corrected chi connectivity index (χ4v) is 2.43. The van der Waals surface area contributed by atoms with Crippen LogP contribution in [0.25, 0.3) is 0 Å². The summed E-state index contributed by atoms with van der Waals surface area (Å²) in [4.78, 5) is 25.4. The number of carbonyl (C=O) groups excluding carboxylic acids is 2. The second-order valence-electron chi connectivity index (χ2n) is 5.26. The molecule has 1 aromatic rings. The summed E-state index contributed by atoms with van der Waals surface area (Å²) in [7, 11) is 0. The molecule has 20 heavy (non-hydrogen) atoms. The van der Waals surface area contributed by atoms with Crippen molar-refractivity contribution in [2.24, 2.45) is 5.73 Å². The van der Waals surface area contributed by atoms with Crippen molar-refractivity contribution in [3.05, 3.63) is 29.8 Å². The number of rotatable bonds is 5. The number of primary amides is 1. The third kappa shape index (κ3) is 3.73. The molecule has 0 bridgehead atoms. The lowest BCUT2D eigenvalue weighted by Crippen LogP contribution is -2.41. The molecule has 1 unspecified atom stereocenters. The zero-order chi connectivity index (χ0) is 14.5. The van der Waals surface area contributed by atoms with Crippen molar-refractivity contribution >= 4 is 17.5 Å². The number of hydrogen-bond donors (Lipinski definition) is 2. The maximum absolute atomic E-state index is 12.1. The highest BCUT2D eigenvalue weighted by atomic mass is 16.2. The number of aryl methyl sites for hydroxylation is 1. The Bertz CT molecular complexity index is 496. The summed E-state index contributed by atoms with van der Waals surface area (Å²) in [6.45, 7) is 3.54. The summed E-state index contributed by atoms with van der Waals surface area (Å²) in [6, 6.07) is 7.00. The number of benzene rings is 1. The van der Waals surface area contributed by atoms with Gasteiger partial charge < -0.3 is 16.0 Å². The molecule has 1 aliphatic heterocycles. The van der Waals surface area contributed by atoms with Gasteiger partial charge >= 0.3 is 0 Å². The summed E-state index contributed by atoms with van der Waals surface area (Å²) < 4.78 is 0. The number of amides is 2. The minimum absolute atomic E-state index is 0.00791. The maximum atomic E-state index is 12.1. The van der Waals surface area contributed by atoms with Crippen molar-refractivity contribution in [2.45, 2.75) is 32.2 Å². The first-order valence-electron chi connectivity index (χ1n) is 6.96. The van der Waals surface area contributed by atoms with Crippen LogP contribution in [0.3, 0.4) is 0 Å². The van der Waals surface area contributed by atoms with Crippen LogP contribution in [-0.4, -0.2) is 35.8 Å². The van der Waals surface area contributed by atoms with Crippen molar-refractivity contribution in [3.8, 4) is 0 Å². The molecule has 1 aromatic carbocycles. The van der Waals surface area contributed by atoms with Gasteiger partial charge in [-0.15, -0.1) is 0 Å². The first-order valence-corrected chi connectivity index (χ1v) is 6.96. The van der Waals surface area contributed by atoms with E-state index in [1.54, 1.807) is 4.90 Å². The molecule has 1 heterocycles. The molecule has 1 atom stereocenters. The predicted octanol–water partition coefficient (Wildman–Crippen LogP) is 1.27. The molecule has 5 heteroatoms. The molecule has 1 aliphatic rings. The highest BCUT2D eigenvalue weighted by Crippen LogP contribution is 2.14. The van der Waals surface area contributed by atoms with Crippen molar-refractivity contribution < 1.29 is 9.59 Å². The molecule has 0 aliphatic carbocycles. The van der Waals surface area contributed by atoms with Gasteiger partial charge in [0.05, 0.1) is 6.42 Å². The Morgan fingerprint density at radius 3 is 2.65 bits per heavy atom. The van der Waals surface area contributed by atoms with Crippen LogP contribution in [0, 0.1) is 6.92 Å². The van der Waals surface area contributed by atoms with Gasteiger partial charge in [0, 0.05) is 18.8 Å². The van der Waals surface area contributed by atoms with Crippen LogP contribution in [0.5, 0.6) is 0 Å². The highest BCUT2D eigenvalue weighted by molar-refractivity contribution is 5.89. The van der Waals surface area contributed by atoms with Gasteiger partial charge in [0.1, 0.15) is 6.04 Å². The normalized spacial score (nSPS) is 15.9. The van der Waals surface area contributed by atoms with E-state index >= 15 is 0 Å². The average molecular weight is 275 g/mol. The van der Waals surface area contributed by atoms with E-state index in [0.717, 1.165) is 37.2 Å². The van der Waals surface area contributed by atoms with E-state index in [-0.39, 0.29) is 12.3 Å². The molecule has 0 aromatic heterocycles. The molecule has 0 saturated carbocycles. The third-order valence-corrected chi connectivity index (χ3v) is 3.54. The number of nitrogens with two attached hydrogens (primary N) is 1. The van der Waals surface area contributed by atoms with Crippen LogP contribution in [-0.2, 0) is 9.59 Å². The lowest BCUT2D eigenvalue weighted by atomic mass is 10.1. The quantitative estimate of drug-likeness (QED) is 0.849. The molecule has 108 valence electrons. The van der Waals surface area contributed by atoms with Crippen LogP contribution in [0.1, 0.15) is 24.8 Å². The SMILES string of the molecule is Cc1cccc(NC(CC(=O)N2CCCC2)C(N)=O)c1. The van der Waals surface area contributed by atoms with Gasteiger partial charge in [-0.25, -0.2) is 0 Å². The number of likely N-dealkylation sites (tertiary alicyclic amines) is 1. The first-order chi connectivity index (χ1) is 9.56. The Morgan fingerprint density at radius 2 is 2.05 bits per heavy atom. The van der Waals surface area contributed by atoms with Crippen LogP contribution in [0.15, 0.2) is 24.3 Å². The first kappa shape index (κ1) is 14.4. The van der Waals surface area contributed by atoms with E-state index < -0.39 is 11.9 Å². The molecule has 0 radical (unpaired) electrons. The minimum atomic E-state index is -0.662. The van der Waals surface area contributed by atoms with Gasteiger partial charge in [-0.05, 0) is 37.5 Å². The summed E-state index contributed by atoms with van der Waals surface area (Å²) >= 11 is 0. The number of anilines is 1. The van der Waals surface area contributed by atoms with Crippen molar-refractivity contribution in [1.29, 1.82) is 0 Å².